The van der Waals surface area contributed by atoms with Gasteiger partial charge in [-0.1, -0.05) is 17.7 Å². The predicted octanol–water partition coefficient (Wildman–Crippen LogP) is 2.34. The fourth-order valence-electron chi connectivity index (χ4n) is 2.35. The lowest BCUT2D eigenvalue weighted by atomic mass is 10.2. The van der Waals surface area contributed by atoms with Gasteiger partial charge in [0.1, 0.15) is 0 Å². The molecule has 0 heterocycles. The summed E-state index contributed by atoms with van der Waals surface area (Å²) in [5.74, 6) is -1.37. The van der Waals surface area contributed by atoms with E-state index in [9.17, 15) is 22.8 Å². The lowest BCUT2D eigenvalue weighted by Crippen LogP contribution is -2.41. The number of nitrogens with one attached hydrogen (secondary N) is 4. The smallest absolute Gasteiger partial charge is 0.257 e. The van der Waals surface area contributed by atoms with Gasteiger partial charge in [-0.3, -0.25) is 19.8 Å². The lowest BCUT2D eigenvalue weighted by molar-refractivity contribution is -0.124. The third kappa shape index (κ3) is 6.83. The van der Waals surface area contributed by atoms with Crippen molar-refractivity contribution in [2.24, 2.45) is 0 Å². The Bertz CT molecular complexity index is 1060. The van der Waals surface area contributed by atoms with Crippen molar-refractivity contribution in [2.45, 2.75) is 31.6 Å². The SMILES string of the molecule is CC(=O)Nc1ccc(S(=O)(=O)NNC(=O)CCC(=O)Nc2cccc(Cl)c2C)cc1. The number of hydrazine groups is 1. The van der Waals surface area contributed by atoms with E-state index in [1.165, 1.54) is 31.2 Å². The summed E-state index contributed by atoms with van der Waals surface area (Å²) in [5.41, 5.74) is 3.74. The normalized spacial score (nSPS) is 10.9. The molecule has 0 aromatic heterocycles. The van der Waals surface area contributed by atoms with Crippen LogP contribution in [0.2, 0.25) is 5.02 Å². The molecule has 0 saturated carbocycles. The second-order valence-electron chi connectivity index (χ2n) is 6.32. The first-order valence-corrected chi connectivity index (χ1v) is 10.7. The van der Waals surface area contributed by atoms with Crippen molar-refractivity contribution in [1.82, 2.24) is 10.3 Å². The van der Waals surface area contributed by atoms with E-state index in [0.717, 1.165) is 0 Å². The van der Waals surface area contributed by atoms with Gasteiger partial charge in [-0.15, -0.1) is 4.83 Å². The molecular weight excluding hydrogens is 432 g/mol. The summed E-state index contributed by atoms with van der Waals surface area (Å²) < 4.78 is 24.4. The summed E-state index contributed by atoms with van der Waals surface area (Å²) >= 11 is 5.99. The molecule has 0 saturated heterocycles. The molecular formula is C19H21ClN4O5S. The highest BCUT2D eigenvalue weighted by Gasteiger charge is 2.16. The molecule has 0 aliphatic heterocycles. The van der Waals surface area contributed by atoms with Crippen molar-refractivity contribution in [3.05, 3.63) is 53.1 Å². The van der Waals surface area contributed by atoms with E-state index in [2.05, 4.69) is 16.1 Å². The number of hydrogen-bond donors (Lipinski definition) is 4. The molecule has 0 aliphatic carbocycles. The first-order valence-electron chi connectivity index (χ1n) is 8.82. The molecule has 2 aromatic carbocycles. The number of benzene rings is 2. The molecule has 160 valence electrons. The maximum Gasteiger partial charge on any atom is 0.257 e. The zero-order chi connectivity index (χ0) is 22.3. The van der Waals surface area contributed by atoms with Crippen molar-refractivity contribution in [3.63, 3.8) is 0 Å². The standard InChI is InChI=1S/C19H21ClN4O5S/c1-12-16(20)4-3-5-17(12)22-18(26)10-11-19(27)23-24-30(28,29)15-8-6-14(7-9-15)21-13(2)25/h3-9,24H,10-11H2,1-2H3,(H,21,25)(H,22,26)(H,23,27). The first kappa shape index (κ1) is 23.3. The number of rotatable bonds is 8. The molecule has 0 aliphatic rings. The summed E-state index contributed by atoms with van der Waals surface area (Å²) in [5, 5.41) is 5.67. The van der Waals surface area contributed by atoms with Crippen LogP contribution in [0.5, 0.6) is 0 Å². The highest BCUT2D eigenvalue weighted by atomic mass is 35.5. The zero-order valence-electron chi connectivity index (χ0n) is 16.3. The molecule has 4 N–H and O–H groups in total. The van der Waals surface area contributed by atoms with Crippen molar-refractivity contribution in [3.8, 4) is 0 Å². The van der Waals surface area contributed by atoms with Gasteiger partial charge in [0.05, 0.1) is 4.90 Å². The van der Waals surface area contributed by atoms with E-state index in [0.29, 0.717) is 22.0 Å². The van der Waals surface area contributed by atoms with Gasteiger partial charge < -0.3 is 10.6 Å². The van der Waals surface area contributed by atoms with Crippen LogP contribution in [-0.2, 0) is 24.4 Å². The molecule has 2 rings (SSSR count). The fraction of sp³-hybridized carbons (Fsp3) is 0.211. The van der Waals surface area contributed by atoms with Crippen LogP contribution in [0.1, 0.15) is 25.3 Å². The Kier molecular flexibility index (Phi) is 7.93. The fourth-order valence-corrected chi connectivity index (χ4v) is 3.38. The Morgan fingerprint density at radius 2 is 1.57 bits per heavy atom. The topological polar surface area (TPSA) is 133 Å². The molecule has 0 spiro atoms. The van der Waals surface area contributed by atoms with Gasteiger partial charge >= 0.3 is 0 Å². The van der Waals surface area contributed by atoms with E-state index in [1.807, 2.05) is 4.83 Å². The number of amides is 3. The molecule has 11 heteroatoms. The Morgan fingerprint density at radius 3 is 2.20 bits per heavy atom. The van der Waals surface area contributed by atoms with Gasteiger partial charge in [0, 0.05) is 36.2 Å². The van der Waals surface area contributed by atoms with E-state index in [-0.39, 0.29) is 23.6 Å². The molecule has 30 heavy (non-hydrogen) atoms. The van der Waals surface area contributed by atoms with Gasteiger partial charge in [0.25, 0.3) is 10.0 Å². The van der Waals surface area contributed by atoms with Crippen LogP contribution in [0.3, 0.4) is 0 Å². The summed E-state index contributed by atoms with van der Waals surface area (Å²) in [6, 6.07) is 10.5. The maximum atomic E-state index is 12.2. The highest BCUT2D eigenvalue weighted by molar-refractivity contribution is 7.89. The van der Waals surface area contributed by atoms with Crippen LogP contribution in [0.25, 0.3) is 0 Å². The summed E-state index contributed by atoms with van der Waals surface area (Å²) in [7, 11) is -4.01. The maximum absolute atomic E-state index is 12.2. The van der Waals surface area contributed by atoms with Crippen LogP contribution in [0.4, 0.5) is 11.4 Å². The highest BCUT2D eigenvalue weighted by Crippen LogP contribution is 2.23. The van der Waals surface area contributed by atoms with Crippen LogP contribution < -0.4 is 20.9 Å². The molecule has 9 nitrogen and oxygen atoms in total. The number of carbonyl (C=O) groups is 3. The number of sulfonamides is 1. The van der Waals surface area contributed by atoms with Crippen molar-refractivity contribution < 1.29 is 22.8 Å². The molecule has 0 atom stereocenters. The minimum absolute atomic E-state index is 0.105. The molecule has 0 unspecified atom stereocenters. The second-order valence-corrected chi connectivity index (χ2v) is 8.41. The van der Waals surface area contributed by atoms with E-state index in [4.69, 9.17) is 11.6 Å². The largest absolute Gasteiger partial charge is 0.326 e. The van der Waals surface area contributed by atoms with Crippen molar-refractivity contribution >= 4 is 50.7 Å². The Labute approximate surface area is 179 Å². The molecule has 0 bridgehead atoms. The van der Waals surface area contributed by atoms with Gasteiger partial charge in [0.15, 0.2) is 0 Å². The van der Waals surface area contributed by atoms with Crippen LogP contribution in [0.15, 0.2) is 47.4 Å². The number of halogens is 1. The molecule has 0 radical (unpaired) electrons. The van der Waals surface area contributed by atoms with Crippen LogP contribution >= 0.6 is 11.6 Å². The first-order chi connectivity index (χ1) is 14.1. The van der Waals surface area contributed by atoms with Crippen molar-refractivity contribution in [2.75, 3.05) is 10.6 Å². The lowest BCUT2D eigenvalue weighted by Gasteiger charge is -2.10. The quantitative estimate of drug-likeness (QED) is 0.456. The van der Waals surface area contributed by atoms with E-state index < -0.39 is 21.8 Å². The minimum atomic E-state index is -4.01. The van der Waals surface area contributed by atoms with Gasteiger partial charge in [-0.05, 0) is 48.9 Å². The molecule has 3 amide bonds. The molecule has 0 fully saturated rings. The molecule has 2 aromatic rings. The predicted molar refractivity (Wildman–Crippen MR) is 113 cm³/mol. The monoisotopic (exact) mass is 452 g/mol. The number of carbonyl (C=O) groups excluding carboxylic acids is 3. The third-order valence-corrected chi connectivity index (χ3v) is 5.60. The average molecular weight is 453 g/mol. The van der Waals surface area contributed by atoms with Crippen LogP contribution in [0, 0.1) is 6.92 Å². The third-order valence-electron chi connectivity index (χ3n) is 3.93. The summed E-state index contributed by atoms with van der Waals surface area (Å²) in [6.07, 6.45) is -0.375. The summed E-state index contributed by atoms with van der Waals surface area (Å²) in [6.45, 7) is 3.08. The number of anilines is 2. The van der Waals surface area contributed by atoms with Gasteiger partial charge in [-0.25, -0.2) is 8.42 Å². The zero-order valence-corrected chi connectivity index (χ0v) is 17.9. The van der Waals surface area contributed by atoms with Gasteiger partial charge in [-0.2, -0.15) is 0 Å². The Balaban J connectivity index is 1.83. The Morgan fingerprint density at radius 1 is 0.933 bits per heavy atom. The van der Waals surface area contributed by atoms with Gasteiger partial charge in [0.2, 0.25) is 17.7 Å². The summed E-state index contributed by atoms with van der Waals surface area (Å²) in [4.78, 5) is 36.7. The second kappa shape index (κ2) is 10.2. The van der Waals surface area contributed by atoms with E-state index in [1.54, 1.807) is 25.1 Å². The average Bonchev–Trinajstić information content (AvgIpc) is 2.68. The number of hydrogen-bond acceptors (Lipinski definition) is 5. The Hall–Kier alpha value is -2.95. The van der Waals surface area contributed by atoms with Crippen LogP contribution in [-0.4, -0.2) is 26.1 Å². The van der Waals surface area contributed by atoms with E-state index >= 15 is 0 Å². The minimum Gasteiger partial charge on any atom is -0.326 e. The van der Waals surface area contributed by atoms with Crippen molar-refractivity contribution in [1.29, 1.82) is 0 Å².